The summed E-state index contributed by atoms with van der Waals surface area (Å²) in [5.74, 6) is 0.998. The first kappa shape index (κ1) is 23.8. The molecule has 4 rings (SSSR count). The second kappa shape index (κ2) is 8.48. The fraction of sp³-hybridized carbons (Fsp3) is 0.519. The van der Waals surface area contributed by atoms with Gasteiger partial charge in [-0.2, -0.15) is 0 Å². The van der Waals surface area contributed by atoms with Gasteiger partial charge in [-0.3, -0.25) is 4.79 Å². The van der Waals surface area contributed by atoms with Crippen LogP contribution in [0.3, 0.4) is 0 Å². The fourth-order valence-corrected chi connectivity index (χ4v) is 4.82. The molecular weight excluding hydrogens is 415 g/mol. The van der Waals surface area contributed by atoms with Crippen LogP contribution in [0.4, 0.5) is 0 Å². The van der Waals surface area contributed by atoms with E-state index in [1.54, 1.807) is 7.11 Å². The van der Waals surface area contributed by atoms with Crippen molar-refractivity contribution >= 4 is 18.6 Å². The largest absolute Gasteiger partial charge is 0.496 e. The molecule has 1 aliphatic heterocycles. The van der Waals surface area contributed by atoms with Crippen molar-refractivity contribution in [1.82, 2.24) is 0 Å². The maximum absolute atomic E-state index is 12.7. The molecular formula is C27H35BO5. The third-order valence-electron chi connectivity index (χ3n) is 7.70. The normalized spacial score (nSPS) is 25.1. The van der Waals surface area contributed by atoms with Crippen molar-refractivity contribution in [1.29, 1.82) is 0 Å². The Morgan fingerprint density at radius 2 is 1.67 bits per heavy atom. The molecule has 176 valence electrons. The Morgan fingerprint density at radius 3 is 2.18 bits per heavy atom. The van der Waals surface area contributed by atoms with E-state index < -0.39 is 23.7 Å². The van der Waals surface area contributed by atoms with Crippen molar-refractivity contribution in [2.75, 3.05) is 13.7 Å². The van der Waals surface area contributed by atoms with E-state index in [1.807, 2.05) is 52.8 Å². The highest BCUT2D eigenvalue weighted by Gasteiger charge is 2.61. The van der Waals surface area contributed by atoms with E-state index in [9.17, 15) is 4.79 Å². The minimum absolute atomic E-state index is 0.103. The molecule has 1 saturated heterocycles. The predicted octanol–water partition coefficient (Wildman–Crippen LogP) is 4.89. The smallest absolute Gasteiger partial charge is 0.494 e. The van der Waals surface area contributed by atoms with Crippen molar-refractivity contribution in [2.24, 2.45) is 5.92 Å². The number of benzene rings is 2. The van der Waals surface area contributed by atoms with Crippen molar-refractivity contribution in [3.05, 3.63) is 48.0 Å². The van der Waals surface area contributed by atoms with E-state index in [2.05, 4.69) is 31.2 Å². The fourth-order valence-electron chi connectivity index (χ4n) is 4.82. The van der Waals surface area contributed by atoms with Crippen molar-refractivity contribution in [3.8, 4) is 16.9 Å². The van der Waals surface area contributed by atoms with Gasteiger partial charge < -0.3 is 18.8 Å². The van der Waals surface area contributed by atoms with E-state index in [0.29, 0.717) is 12.5 Å². The molecule has 1 saturated carbocycles. The van der Waals surface area contributed by atoms with Crippen LogP contribution in [0, 0.1) is 5.92 Å². The standard InChI is InChI=1S/C27H35BO5/c1-8-19-17-27(19,24(29)31-9-2)20-12-10-18(11-13-20)22-15-14-21(16-23(22)30-7)28-32-25(3,4)26(5,6)33-28/h10-16,19H,8-9,17H2,1-7H3. The van der Waals surface area contributed by atoms with Crippen LogP contribution in [0.5, 0.6) is 5.75 Å². The first-order chi connectivity index (χ1) is 15.6. The van der Waals surface area contributed by atoms with Crippen molar-refractivity contribution < 1.29 is 23.6 Å². The minimum Gasteiger partial charge on any atom is -0.496 e. The lowest BCUT2D eigenvalue weighted by Crippen LogP contribution is -2.41. The number of methoxy groups -OCH3 is 1. The second-order valence-corrected chi connectivity index (χ2v) is 10.1. The summed E-state index contributed by atoms with van der Waals surface area (Å²) < 4.78 is 23.5. The summed E-state index contributed by atoms with van der Waals surface area (Å²) >= 11 is 0. The van der Waals surface area contributed by atoms with Crippen LogP contribution in [-0.2, 0) is 24.3 Å². The number of esters is 1. The molecule has 6 heteroatoms. The van der Waals surface area contributed by atoms with E-state index in [0.717, 1.165) is 40.7 Å². The highest BCUT2D eigenvalue weighted by atomic mass is 16.7. The molecule has 0 radical (unpaired) electrons. The third-order valence-corrected chi connectivity index (χ3v) is 7.70. The number of carbonyl (C=O) groups excluding carboxylic acids is 1. The molecule has 0 aromatic heterocycles. The first-order valence-corrected chi connectivity index (χ1v) is 11.9. The summed E-state index contributed by atoms with van der Waals surface area (Å²) in [6.45, 7) is 12.6. The molecule has 2 aromatic carbocycles. The summed E-state index contributed by atoms with van der Waals surface area (Å²) in [6.07, 6.45) is 1.82. The van der Waals surface area contributed by atoms with Gasteiger partial charge in [0.1, 0.15) is 5.75 Å². The molecule has 0 spiro atoms. The second-order valence-electron chi connectivity index (χ2n) is 10.1. The molecule has 0 amide bonds. The molecule has 1 heterocycles. The summed E-state index contributed by atoms with van der Waals surface area (Å²) in [4.78, 5) is 12.7. The minimum atomic E-state index is -0.492. The highest BCUT2D eigenvalue weighted by Crippen LogP contribution is 2.57. The number of ether oxygens (including phenoxy) is 2. The van der Waals surface area contributed by atoms with E-state index in [4.69, 9.17) is 18.8 Å². The Kier molecular flexibility index (Phi) is 6.13. The van der Waals surface area contributed by atoms with Gasteiger partial charge in [-0.25, -0.2) is 0 Å². The zero-order chi connectivity index (χ0) is 24.0. The summed E-state index contributed by atoms with van der Waals surface area (Å²) in [5.41, 5.74) is 2.69. The number of hydrogen-bond donors (Lipinski definition) is 0. The average Bonchev–Trinajstić information content (AvgIpc) is 3.49. The van der Waals surface area contributed by atoms with Gasteiger partial charge in [0, 0.05) is 5.56 Å². The van der Waals surface area contributed by atoms with Gasteiger partial charge in [0.05, 0.1) is 30.3 Å². The number of carbonyl (C=O) groups is 1. The van der Waals surface area contributed by atoms with Gasteiger partial charge in [0.2, 0.25) is 0 Å². The molecule has 5 nitrogen and oxygen atoms in total. The topological polar surface area (TPSA) is 54.0 Å². The Bertz CT molecular complexity index is 1010. The van der Waals surface area contributed by atoms with Crippen LogP contribution in [-0.4, -0.2) is 38.0 Å². The predicted molar refractivity (Wildman–Crippen MR) is 131 cm³/mol. The lowest BCUT2D eigenvalue weighted by molar-refractivity contribution is -0.146. The maximum atomic E-state index is 12.7. The summed E-state index contributed by atoms with van der Waals surface area (Å²) in [5, 5.41) is 0. The number of rotatable bonds is 7. The lowest BCUT2D eigenvalue weighted by Gasteiger charge is -2.32. The Hall–Kier alpha value is -2.31. The van der Waals surface area contributed by atoms with Gasteiger partial charge >= 0.3 is 13.1 Å². The molecule has 2 atom stereocenters. The molecule has 33 heavy (non-hydrogen) atoms. The first-order valence-electron chi connectivity index (χ1n) is 11.9. The Labute approximate surface area is 197 Å². The van der Waals surface area contributed by atoms with E-state index in [1.165, 1.54) is 0 Å². The van der Waals surface area contributed by atoms with Crippen LogP contribution in [0.15, 0.2) is 42.5 Å². The summed E-state index contributed by atoms with van der Waals surface area (Å²) in [7, 11) is 1.23. The van der Waals surface area contributed by atoms with Gasteiger partial charge in [-0.05, 0) is 69.6 Å². The average molecular weight is 450 g/mol. The van der Waals surface area contributed by atoms with Crippen LogP contribution < -0.4 is 10.2 Å². The molecule has 2 fully saturated rings. The Morgan fingerprint density at radius 1 is 1.03 bits per heavy atom. The molecule has 1 aliphatic carbocycles. The van der Waals surface area contributed by atoms with Crippen LogP contribution in [0.1, 0.15) is 59.9 Å². The van der Waals surface area contributed by atoms with Crippen molar-refractivity contribution in [3.63, 3.8) is 0 Å². The lowest BCUT2D eigenvalue weighted by atomic mass is 9.78. The summed E-state index contributed by atoms with van der Waals surface area (Å²) in [6, 6.07) is 14.3. The highest BCUT2D eigenvalue weighted by molar-refractivity contribution is 6.62. The molecule has 0 N–H and O–H groups in total. The van der Waals surface area contributed by atoms with Crippen LogP contribution in [0.2, 0.25) is 0 Å². The van der Waals surface area contributed by atoms with Gasteiger partial charge in [0.15, 0.2) is 0 Å². The van der Waals surface area contributed by atoms with Gasteiger partial charge in [-0.1, -0.05) is 49.7 Å². The van der Waals surface area contributed by atoms with E-state index >= 15 is 0 Å². The molecule has 2 aromatic rings. The molecule has 2 aliphatic rings. The maximum Gasteiger partial charge on any atom is 0.494 e. The SMILES string of the molecule is CCOC(=O)C1(c2ccc(-c3ccc(B4OC(C)(C)C(C)(C)O4)cc3OC)cc2)CC1CC. The van der Waals surface area contributed by atoms with Crippen LogP contribution >= 0.6 is 0 Å². The van der Waals surface area contributed by atoms with Gasteiger partial charge in [-0.15, -0.1) is 0 Å². The number of hydrogen-bond acceptors (Lipinski definition) is 5. The molecule has 0 bridgehead atoms. The Balaban J connectivity index is 1.61. The molecule has 2 unspecified atom stereocenters. The van der Waals surface area contributed by atoms with Crippen LogP contribution in [0.25, 0.3) is 11.1 Å². The van der Waals surface area contributed by atoms with E-state index in [-0.39, 0.29) is 5.97 Å². The zero-order valence-corrected chi connectivity index (χ0v) is 20.9. The zero-order valence-electron chi connectivity index (χ0n) is 20.9. The third kappa shape index (κ3) is 3.98. The monoisotopic (exact) mass is 450 g/mol. The van der Waals surface area contributed by atoms with Gasteiger partial charge in [0.25, 0.3) is 0 Å². The van der Waals surface area contributed by atoms with Crippen molar-refractivity contribution in [2.45, 2.75) is 71.0 Å². The quantitative estimate of drug-likeness (QED) is 0.444.